The Labute approximate surface area is 183 Å². The molecule has 1 saturated heterocycles. The molecule has 7 heteroatoms. The SMILES string of the molecule is CN=C(NCc1ccc(-n2ccnc2C)c(F)c1)N1CC2CCCCC2C1.I. The van der Waals surface area contributed by atoms with Crippen molar-refractivity contribution in [3.63, 3.8) is 0 Å². The van der Waals surface area contributed by atoms with Crippen LogP contribution in [0.15, 0.2) is 35.6 Å². The van der Waals surface area contributed by atoms with Crippen molar-refractivity contribution in [2.45, 2.75) is 39.2 Å². The molecule has 1 aliphatic carbocycles. The van der Waals surface area contributed by atoms with Crippen molar-refractivity contribution in [2.24, 2.45) is 16.8 Å². The van der Waals surface area contributed by atoms with E-state index in [0.29, 0.717) is 12.2 Å². The molecule has 2 atom stereocenters. The van der Waals surface area contributed by atoms with Crippen molar-refractivity contribution >= 4 is 29.9 Å². The first kappa shape index (κ1) is 21.1. The molecule has 1 aromatic carbocycles. The second kappa shape index (κ2) is 9.24. The Balaban J connectivity index is 0.00000225. The van der Waals surface area contributed by atoms with E-state index in [9.17, 15) is 4.39 Å². The first-order valence-corrected chi connectivity index (χ1v) is 9.90. The Morgan fingerprint density at radius 3 is 2.54 bits per heavy atom. The molecule has 1 N–H and O–H groups in total. The van der Waals surface area contributed by atoms with Crippen LogP contribution in [0.25, 0.3) is 5.69 Å². The monoisotopic (exact) mass is 497 g/mol. The summed E-state index contributed by atoms with van der Waals surface area (Å²) in [7, 11) is 1.83. The van der Waals surface area contributed by atoms with Crippen LogP contribution in [0.4, 0.5) is 4.39 Å². The summed E-state index contributed by atoms with van der Waals surface area (Å²) in [4.78, 5) is 11.0. The largest absolute Gasteiger partial charge is 0.352 e. The molecule has 1 saturated carbocycles. The zero-order valence-electron chi connectivity index (χ0n) is 16.6. The number of nitrogens with one attached hydrogen (secondary N) is 1. The first-order valence-electron chi connectivity index (χ1n) is 9.90. The average Bonchev–Trinajstić information content (AvgIpc) is 3.28. The number of guanidine groups is 1. The maximum absolute atomic E-state index is 14.6. The fourth-order valence-corrected chi connectivity index (χ4v) is 4.58. The van der Waals surface area contributed by atoms with E-state index >= 15 is 0 Å². The average molecular weight is 497 g/mol. The van der Waals surface area contributed by atoms with Gasteiger partial charge < -0.3 is 14.8 Å². The summed E-state index contributed by atoms with van der Waals surface area (Å²) < 4.78 is 16.3. The van der Waals surface area contributed by atoms with Gasteiger partial charge >= 0.3 is 0 Å². The van der Waals surface area contributed by atoms with E-state index in [2.05, 4.69) is 20.2 Å². The van der Waals surface area contributed by atoms with Gasteiger partial charge in [0.15, 0.2) is 5.96 Å². The number of halogens is 2. The zero-order valence-corrected chi connectivity index (χ0v) is 18.9. The third-order valence-corrected chi connectivity index (χ3v) is 6.04. The van der Waals surface area contributed by atoms with E-state index in [0.717, 1.165) is 42.3 Å². The Hall–Kier alpha value is -1.64. The van der Waals surface area contributed by atoms with Gasteiger partial charge in [-0.15, -0.1) is 24.0 Å². The molecule has 0 radical (unpaired) electrons. The Morgan fingerprint density at radius 1 is 1.25 bits per heavy atom. The number of likely N-dealkylation sites (tertiary alicyclic amines) is 1. The minimum absolute atomic E-state index is 0. The van der Waals surface area contributed by atoms with E-state index < -0.39 is 0 Å². The molecular formula is C21H29FIN5. The van der Waals surface area contributed by atoms with Crippen LogP contribution in [0.3, 0.4) is 0 Å². The summed E-state index contributed by atoms with van der Waals surface area (Å²) in [6.45, 7) is 4.63. The first-order chi connectivity index (χ1) is 13.2. The van der Waals surface area contributed by atoms with Gasteiger partial charge in [-0.3, -0.25) is 4.99 Å². The molecule has 0 amide bonds. The van der Waals surface area contributed by atoms with Gasteiger partial charge in [0, 0.05) is 39.1 Å². The fraction of sp³-hybridized carbons (Fsp3) is 0.524. The molecule has 0 spiro atoms. The van der Waals surface area contributed by atoms with Gasteiger partial charge in [-0.2, -0.15) is 0 Å². The summed E-state index contributed by atoms with van der Waals surface area (Å²) in [5, 5.41) is 3.42. The summed E-state index contributed by atoms with van der Waals surface area (Å²) >= 11 is 0. The lowest BCUT2D eigenvalue weighted by Gasteiger charge is -2.22. The van der Waals surface area contributed by atoms with Gasteiger partial charge in [0.1, 0.15) is 11.6 Å². The van der Waals surface area contributed by atoms with E-state index in [1.807, 2.05) is 26.1 Å². The van der Waals surface area contributed by atoms with Gasteiger partial charge in [0.25, 0.3) is 0 Å². The van der Waals surface area contributed by atoms with Crippen molar-refractivity contribution in [1.82, 2.24) is 19.8 Å². The number of hydrogen-bond donors (Lipinski definition) is 1. The number of nitrogens with zero attached hydrogens (tertiary/aromatic N) is 4. The van der Waals surface area contributed by atoms with E-state index in [1.165, 1.54) is 25.7 Å². The Morgan fingerprint density at radius 2 is 1.96 bits per heavy atom. The number of imidazole rings is 1. The molecular weight excluding hydrogens is 468 g/mol. The van der Waals surface area contributed by atoms with Crippen LogP contribution < -0.4 is 5.32 Å². The standard InChI is InChI=1S/C21H28FN5.HI/c1-15-24-9-10-27(15)20-8-7-16(11-19(20)22)12-25-21(23-2)26-13-17-5-3-4-6-18(17)14-26;/h7-11,17-18H,3-6,12-14H2,1-2H3,(H,23,25);1H. The number of aromatic nitrogens is 2. The topological polar surface area (TPSA) is 45.5 Å². The van der Waals surface area contributed by atoms with Crippen LogP contribution in [0.2, 0.25) is 0 Å². The molecule has 152 valence electrons. The molecule has 2 unspecified atom stereocenters. The van der Waals surface area contributed by atoms with E-state index in [1.54, 1.807) is 23.0 Å². The number of fused-ring (bicyclic) bond motifs is 1. The second-order valence-corrected chi connectivity index (χ2v) is 7.74. The Bertz CT molecular complexity index is 820. The van der Waals surface area contributed by atoms with E-state index in [4.69, 9.17) is 0 Å². The molecule has 2 aromatic rings. The molecule has 4 rings (SSSR count). The number of rotatable bonds is 3. The maximum atomic E-state index is 14.6. The van der Waals surface area contributed by atoms with Gasteiger partial charge in [0.05, 0.1) is 5.69 Å². The molecule has 2 fully saturated rings. The smallest absolute Gasteiger partial charge is 0.193 e. The summed E-state index contributed by atoms with van der Waals surface area (Å²) in [6, 6.07) is 5.37. The summed E-state index contributed by atoms with van der Waals surface area (Å²) in [5.74, 6) is 3.09. The van der Waals surface area contributed by atoms with Crippen molar-refractivity contribution in [1.29, 1.82) is 0 Å². The molecule has 1 aliphatic heterocycles. The van der Waals surface area contributed by atoms with E-state index in [-0.39, 0.29) is 29.8 Å². The number of aliphatic imine (C=N–C) groups is 1. The zero-order chi connectivity index (χ0) is 18.8. The highest BCUT2D eigenvalue weighted by atomic mass is 127. The lowest BCUT2D eigenvalue weighted by Crippen LogP contribution is -2.39. The molecule has 2 heterocycles. The summed E-state index contributed by atoms with van der Waals surface area (Å²) in [5.41, 5.74) is 1.44. The third kappa shape index (κ3) is 4.34. The maximum Gasteiger partial charge on any atom is 0.193 e. The lowest BCUT2D eigenvalue weighted by molar-refractivity contribution is 0.299. The highest BCUT2D eigenvalue weighted by Gasteiger charge is 2.35. The van der Waals surface area contributed by atoms with Crippen molar-refractivity contribution in [3.8, 4) is 5.69 Å². The van der Waals surface area contributed by atoms with Crippen LogP contribution in [-0.4, -0.2) is 40.5 Å². The Kier molecular flexibility index (Phi) is 6.95. The van der Waals surface area contributed by atoms with Crippen LogP contribution in [0.5, 0.6) is 0 Å². The number of hydrogen-bond acceptors (Lipinski definition) is 2. The van der Waals surface area contributed by atoms with Gasteiger partial charge in [-0.05, 0) is 49.3 Å². The highest BCUT2D eigenvalue weighted by molar-refractivity contribution is 14.0. The van der Waals surface area contributed by atoms with Crippen LogP contribution >= 0.6 is 24.0 Å². The summed E-state index contributed by atoms with van der Waals surface area (Å²) in [6.07, 6.45) is 8.88. The van der Waals surface area contributed by atoms with Crippen molar-refractivity contribution in [3.05, 3.63) is 47.8 Å². The lowest BCUT2D eigenvalue weighted by atomic mass is 9.82. The van der Waals surface area contributed by atoms with Crippen molar-refractivity contribution < 1.29 is 4.39 Å². The van der Waals surface area contributed by atoms with Crippen LogP contribution in [0.1, 0.15) is 37.1 Å². The van der Waals surface area contributed by atoms with Crippen molar-refractivity contribution in [2.75, 3.05) is 20.1 Å². The van der Waals surface area contributed by atoms with Gasteiger partial charge in [-0.1, -0.05) is 18.9 Å². The van der Waals surface area contributed by atoms with Crippen LogP contribution in [-0.2, 0) is 6.54 Å². The normalized spacial score (nSPS) is 22.0. The van der Waals surface area contributed by atoms with Gasteiger partial charge in [-0.25, -0.2) is 9.37 Å². The quantitative estimate of drug-likeness (QED) is 0.394. The molecule has 0 bridgehead atoms. The molecule has 5 nitrogen and oxygen atoms in total. The van der Waals surface area contributed by atoms with Crippen LogP contribution in [0, 0.1) is 24.6 Å². The second-order valence-electron chi connectivity index (χ2n) is 7.74. The van der Waals surface area contributed by atoms with Gasteiger partial charge in [0.2, 0.25) is 0 Å². The predicted octanol–water partition coefficient (Wildman–Crippen LogP) is 4.14. The third-order valence-electron chi connectivity index (χ3n) is 6.04. The minimum atomic E-state index is -0.238. The number of benzene rings is 1. The highest BCUT2D eigenvalue weighted by Crippen LogP contribution is 2.35. The predicted molar refractivity (Wildman–Crippen MR) is 121 cm³/mol. The molecule has 28 heavy (non-hydrogen) atoms. The number of aryl methyl sites for hydroxylation is 1. The minimum Gasteiger partial charge on any atom is -0.352 e. The molecule has 2 aliphatic rings. The fourth-order valence-electron chi connectivity index (χ4n) is 4.58. The molecule has 1 aromatic heterocycles.